The SMILES string of the molecule is CC(OC(=O)Nc1ccccc1)C(=O)OCCCl. The number of carbonyl (C=O) groups is 2. The molecule has 0 heterocycles. The Balaban J connectivity index is 2.38. The van der Waals surface area contributed by atoms with Gasteiger partial charge in [-0.15, -0.1) is 11.6 Å². The molecule has 0 fully saturated rings. The number of nitrogens with one attached hydrogen (secondary N) is 1. The third kappa shape index (κ3) is 5.05. The smallest absolute Gasteiger partial charge is 0.412 e. The number of amides is 1. The van der Waals surface area contributed by atoms with Crippen molar-refractivity contribution in [3.63, 3.8) is 0 Å². The van der Waals surface area contributed by atoms with Crippen molar-refractivity contribution in [3.8, 4) is 0 Å². The van der Waals surface area contributed by atoms with Crippen LogP contribution in [-0.4, -0.2) is 30.7 Å². The molecule has 0 aliphatic carbocycles. The molecule has 0 saturated carbocycles. The molecule has 1 unspecified atom stereocenters. The summed E-state index contributed by atoms with van der Waals surface area (Å²) in [6, 6.07) is 8.78. The summed E-state index contributed by atoms with van der Waals surface area (Å²) in [5.41, 5.74) is 0.587. The predicted octanol–water partition coefficient (Wildman–Crippen LogP) is 2.41. The monoisotopic (exact) mass is 271 g/mol. The molecule has 0 spiro atoms. The second-order valence-corrected chi connectivity index (χ2v) is 3.77. The van der Waals surface area contributed by atoms with Crippen LogP contribution in [0.1, 0.15) is 6.92 Å². The zero-order chi connectivity index (χ0) is 13.4. The summed E-state index contributed by atoms with van der Waals surface area (Å²) in [4.78, 5) is 22.7. The lowest BCUT2D eigenvalue weighted by Gasteiger charge is -2.12. The maximum Gasteiger partial charge on any atom is 0.412 e. The molecule has 0 radical (unpaired) electrons. The van der Waals surface area contributed by atoms with Gasteiger partial charge in [-0.05, 0) is 19.1 Å². The number of carbonyl (C=O) groups excluding carboxylic acids is 2. The Morgan fingerprint density at radius 3 is 2.61 bits per heavy atom. The van der Waals surface area contributed by atoms with Crippen molar-refractivity contribution in [2.75, 3.05) is 17.8 Å². The van der Waals surface area contributed by atoms with Crippen molar-refractivity contribution in [2.24, 2.45) is 0 Å². The molecule has 1 N–H and O–H groups in total. The average Bonchev–Trinajstić information content (AvgIpc) is 2.36. The van der Waals surface area contributed by atoms with Crippen molar-refractivity contribution in [2.45, 2.75) is 13.0 Å². The minimum Gasteiger partial charge on any atom is -0.462 e. The van der Waals surface area contributed by atoms with Crippen molar-refractivity contribution in [1.29, 1.82) is 0 Å². The van der Waals surface area contributed by atoms with Crippen LogP contribution in [0.4, 0.5) is 10.5 Å². The third-order valence-electron chi connectivity index (χ3n) is 1.96. The van der Waals surface area contributed by atoms with Crippen LogP contribution in [0.2, 0.25) is 0 Å². The summed E-state index contributed by atoms with van der Waals surface area (Å²) < 4.78 is 9.57. The number of halogens is 1. The number of esters is 1. The number of hydrogen-bond donors (Lipinski definition) is 1. The van der Waals surface area contributed by atoms with Crippen LogP contribution in [0, 0.1) is 0 Å². The highest BCUT2D eigenvalue weighted by atomic mass is 35.5. The van der Waals surface area contributed by atoms with E-state index < -0.39 is 18.2 Å². The summed E-state index contributed by atoms with van der Waals surface area (Å²) in [7, 11) is 0. The molecular formula is C12H14ClNO4. The number of alkyl halides is 1. The zero-order valence-electron chi connectivity index (χ0n) is 9.89. The first-order valence-electron chi connectivity index (χ1n) is 5.38. The van der Waals surface area contributed by atoms with Crippen molar-refractivity contribution in [3.05, 3.63) is 30.3 Å². The van der Waals surface area contributed by atoms with Gasteiger partial charge >= 0.3 is 12.1 Å². The minimum absolute atomic E-state index is 0.0917. The average molecular weight is 272 g/mol. The molecule has 18 heavy (non-hydrogen) atoms. The highest BCUT2D eigenvalue weighted by Crippen LogP contribution is 2.06. The molecule has 1 aromatic rings. The lowest BCUT2D eigenvalue weighted by atomic mass is 10.3. The van der Waals surface area contributed by atoms with Crippen LogP contribution in [-0.2, 0) is 14.3 Å². The van der Waals surface area contributed by atoms with E-state index in [2.05, 4.69) is 5.32 Å². The first-order valence-corrected chi connectivity index (χ1v) is 5.92. The molecule has 98 valence electrons. The Morgan fingerprint density at radius 1 is 1.33 bits per heavy atom. The van der Waals surface area contributed by atoms with E-state index in [-0.39, 0.29) is 12.5 Å². The van der Waals surface area contributed by atoms with Gasteiger partial charge in [0.15, 0.2) is 6.10 Å². The van der Waals surface area contributed by atoms with Crippen molar-refractivity contribution >= 4 is 29.4 Å². The molecule has 5 nitrogen and oxygen atoms in total. The standard InChI is InChI=1S/C12H14ClNO4/c1-9(11(15)17-8-7-13)18-12(16)14-10-5-3-2-4-6-10/h2-6,9H,7-8H2,1H3,(H,14,16). The number of hydrogen-bond acceptors (Lipinski definition) is 4. The number of para-hydroxylation sites is 1. The number of anilines is 1. The Hall–Kier alpha value is -1.75. The Bertz CT molecular complexity index is 396. The van der Waals surface area contributed by atoms with E-state index in [9.17, 15) is 9.59 Å². The van der Waals surface area contributed by atoms with Gasteiger partial charge in [0.05, 0.1) is 5.88 Å². The first-order chi connectivity index (χ1) is 8.63. The zero-order valence-corrected chi connectivity index (χ0v) is 10.6. The summed E-state index contributed by atoms with van der Waals surface area (Å²) >= 11 is 5.37. The molecule has 1 amide bonds. The molecule has 0 saturated heterocycles. The van der Waals surface area contributed by atoms with Gasteiger partial charge in [-0.3, -0.25) is 5.32 Å². The van der Waals surface area contributed by atoms with E-state index in [4.69, 9.17) is 21.1 Å². The molecule has 1 rings (SSSR count). The molecule has 0 aliphatic heterocycles. The second-order valence-electron chi connectivity index (χ2n) is 3.40. The quantitative estimate of drug-likeness (QED) is 0.660. The number of rotatable bonds is 5. The fraction of sp³-hybridized carbons (Fsp3) is 0.333. The lowest BCUT2D eigenvalue weighted by molar-refractivity contribution is -0.151. The lowest BCUT2D eigenvalue weighted by Crippen LogP contribution is -2.29. The first kappa shape index (κ1) is 14.3. The summed E-state index contributed by atoms with van der Waals surface area (Å²) in [5, 5.41) is 2.49. The van der Waals surface area contributed by atoms with Crippen LogP contribution >= 0.6 is 11.6 Å². The molecule has 1 atom stereocenters. The third-order valence-corrected chi connectivity index (χ3v) is 2.11. The van der Waals surface area contributed by atoms with Crippen LogP contribution in [0.3, 0.4) is 0 Å². The van der Waals surface area contributed by atoms with Gasteiger partial charge in [0, 0.05) is 5.69 Å². The van der Waals surface area contributed by atoms with Crippen LogP contribution in [0.5, 0.6) is 0 Å². The topological polar surface area (TPSA) is 64.6 Å². The molecule has 0 aliphatic rings. The van der Waals surface area contributed by atoms with Crippen LogP contribution in [0.15, 0.2) is 30.3 Å². The normalized spacial score (nSPS) is 11.4. The Labute approximate surface area is 110 Å². The maximum absolute atomic E-state index is 11.4. The van der Waals surface area contributed by atoms with Gasteiger partial charge in [-0.2, -0.15) is 0 Å². The highest BCUT2D eigenvalue weighted by Gasteiger charge is 2.18. The maximum atomic E-state index is 11.4. The summed E-state index contributed by atoms with van der Waals surface area (Å²) in [6.07, 6.45) is -1.69. The van der Waals surface area contributed by atoms with Gasteiger partial charge in [0.2, 0.25) is 0 Å². The van der Waals surface area contributed by atoms with E-state index in [1.165, 1.54) is 6.92 Å². The molecule has 0 aromatic heterocycles. The van der Waals surface area contributed by atoms with Gasteiger partial charge in [0.1, 0.15) is 6.61 Å². The van der Waals surface area contributed by atoms with E-state index in [0.717, 1.165) is 0 Å². The highest BCUT2D eigenvalue weighted by molar-refractivity contribution is 6.18. The molecule has 6 heteroatoms. The fourth-order valence-electron chi connectivity index (χ4n) is 1.13. The van der Waals surface area contributed by atoms with Crippen molar-refractivity contribution < 1.29 is 19.1 Å². The van der Waals surface area contributed by atoms with E-state index >= 15 is 0 Å². The van der Waals surface area contributed by atoms with Crippen LogP contribution < -0.4 is 5.32 Å². The largest absolute Gasteiger partial charge is 0.462 e. The van der Waals surface area contributed by atoms with E-state index in [1.54, 1.807) is 24.3 Å². The molecular weight excluding hydrogens is 258 g/mol. The number of ether oxygens (including phenoxy) is 2. The van der Waals surface area contributed by atoms with Gasteiger partial charge in [0.25, 0.3) is 0 Å². The van der Waals surface area contributed by atoms with E-state index in [1.807, 2.05) is 6.07 Å². The predicted molar refractivity (Wildman–Crippen MR) is 67.7 cm³/mol. The second kappa shape index (κ2) is 7.55. The summed E-state index contributed by atoms with van der Waals surface area (Å²) in [5.74, 6) is -0.423. The minimum atomic E-state index is -0.975. The van der Waals surface area contributed by atoms with E-state index in [0.29, 0.717) is 5.69 Å². The van der Waals surface area contributed by atoms with Gasteiger partial charge in [-0.1, -0.05) is 18.2 Å². The molecule has 0 bridgehead atoms. The van der Waals surface area contributed by atoms with Gasteiger partial charge < -0.3 is 9.47 Å². The Kier molecular flexibility index (Phi) is 6.00. The van der Waals surface area contributed by atoms with Crippen molar-refractivity contribution in [1.82, 2.24) is 0 Å². The van der Waals surface area contributed by atoms with Gasteiger partial charge in [-0.25, -0.2) is 9.59 Å². The van der Waals surface area contributed by atoms with Crippen LogP contribution in [0.25, 0.3) is 0 Å². The Morgan fingerprint density at radius 2 is 2.00 bits per heavy atom. The molecule has 1 aromatic carbocycles. The number of benzene rings is 1. The fourth-order valence-corrected chi connectivity index (χ4v) is 1.21. The summed E-state index contributed by atoms with van der Waals surface area (Å²) in [6.45, 7) is 1.52.